The summed E-state index contributed by atoms with van der Waals surface area (Å²) in [7, 11) is 0. The van der Waals surface area contributed by atoms with Gasteiger partial charge in [0.15, 0.2) is 6.10 Å². The van der Waals surface area contributed by atoms with Crippen LogP contribution in [0.4, 0.5) is 0 Å². The van der Waals surface area contributed by atoms with Gasteiger partial charge in [0.05, 0.1) is 18.8 Å². The normalized spacial score (nSPS) is 26.0. The van der Waals surface area contributed by atoms with Gasteiger partial charge < -0.3 is 13.9 Å². The molecule has 9 nitrogen and oxygen atoms in total. The van der Waals surface area contributed by atoms with Crippen molar-refractivity contribution in [3.8, 4) is 0 Å². The van der Waals surface area contributed by atoms with Crippen LogP contribution in [0.3, 0.4) is 0 Å². The number of hydrogen-bond acceptors (Lipinski definition) is 9. The Morgan fingerprint density at radius 1 is 1.03 bits per heavy atom. The third-order valence-electron chi connectivity index (χ3n) is 5.04. The van der Waals surface area contributed by atoms with Crippen LogP contribution in [0, 0.1) is 5.92 Å². The van der Waals surface area contributed by atoms with Crippen molar-refractivity contribution in [3.63, 3.8) is 0 Å². The summed E-state index contributed by atoms with van der Waals surface area (Å²) >= 11 is 0. The van der Waals surface area contributed by atoms with Gasteiger partial charge in [0.1, 0.15) is 23.6 Å². The van der Waals surface area contributed by atoms with Crippen molar-refractivity contribution >= 4 is 22.9 Å². The predicted molar refractivity (Wildman–Crippen MR) is 98.2 cm³/mol. The molecule has 154 valence electrons. The van der Waals surface area contributed by atoms with E-state index < -0.39 is 41.7 Å². The number of benzene rings is 1. The molecule has 2 aromatic rings. The fraction of sp³-hybridized carbons (Fsp3) is 0.450. The lowest BCUT2D eigenvalue weighted by Crippen LogP contribution is -2.39. The molecule has 0 aliphatic carbocycles. The number of hydroxylamine groups is 2. The summed E-state index contributed by atoms with van der Waals surface area (Å²) in [6, 6.07) is 6.12. The molecule has 0 bridgehead atoms. The van der Waals surface area contributed by atoms with Gasteiger partial charge in [-0.2, -0.15) is 0 Å². The molecule has 1 aromatic heterocycles. The van der Waals surface area contributed by atoms with E-state index in [-0.39, 0.29) is 18.8 Å². The monoisotopic (exact) mass is 403 g/mol. The van der Waals surface area contributed by atoms with Crippen LogP contribution in [0.25, 0.3) is 11.0 Å². The lowest BCUT2D eigenvalue weighted by Gasteiger charge is -2.34. The van der Waals surface area contributed by atoms with Crippen LogP contribution in [0.1, 0.15) is 44.0 Å². The molecule has 0 spiro atoms. The molecular weight excluding hydrogens is 382 g/mol. The molecule has 2 aliphatic rings. The third kappa shape index (κ3) is 3.11. The van der Waals surface area contributed by atoms with Gasteiger partial charge in [0, 0.05) is 5.39 Å². The molecule has 29 heavy (non-hydrogen) atoms. The second-order valence-corrected chi connectivity index (χ2v) is 6.75. The molecule has 0 amide bonds. The Kier molecular flexibility index (Phi) is 5.12. The Balaban J connectivity index is 1.93. The van der Waals surface area contributed by atoms with Gasteiger partial charge in [0.25, 0.3) is 0 Å². The maximum absolute atomic E-state index is 12.8. The van der Waals surface area contributed by atoms with Crippen LogP contribution in [0.15, 0.2) is 33.5 Å². The van der Waals surface area contributed by atoms with Crippen molar-refractivity contribution in [3.05, 3.63) is 45.8 Å². The van der Waals surface area contributed by atoms with Gasteiger partial charge in [-0.3, -0.25) is 14.5 Å². The lowest BCUT2D eigenvalue weighted by molar-refractivity contribution is -0.393. The van der Waals surface area contributed by atoms with Gasteiger partial charge in [0.2, 0.25) is 0 Å². The van der Waals surface area contributed by atoms with Crippen molar-refractivity contribution in [2.45, 2.75) is 39.0 Å². The average molecular weight is 403 g/mol. The first-order chi connectivity index (χ1) is 14.0. The second kappa shape index (κ2) is 7.58. The number of fused-ring (bicyclic) bond motifs is 5. The first-order valence-corrected chi connectivity index (χ1v) is 9.49. The van der Waals surface area contributed by atoms with Crippen LogP contribution >= 0.6 is 0 Å². The molecule has 1 aromatic carbocycles. The fourth-order valence-electron chi connectivity index (χ4n) is 3.92. The van der Waals surface area contributed by atoms with E-state index in [9.17, 15) is 14.4 Å². The van der Waals surface area contributed by atoms with Gasteiger partial charge in [-0.25, -0.2) is 9.59 Å². The van der Waals surface area contributed by atoms with E-state index in [4.69, 9.17) is 23.6 Å². The molecule has 0 unspecified atom stereocenters. The highest BCUT2D eigenvalue weighted by atomic mass is 17.0. The number of carbonyl (C=O) groups excluding carboxylic acids is 2. The zero-order valence-corrected chi connectivity index (χ0v) is 16.2. The Hall–Kier alpha value is -2.75. The van der Waals surface area contributed by atoms with Crippen molar-refractivity contribution in [2.75, 3.05) is 13.2 Å². The Bertz CT molecular complexity index is 1020. The van der Waals surface area contributed by atoms with Gasteiger partial charge >= 0.3 is 17.6 Å². The summed E-state index contributed by atoms with van der Waals surface area (Å²) < 4.78 is 15.7. The number of nitrogens with zero attached hydrogens (tertiary/aromatic N) is 1. The largest absolute Gasteiger partial charge is 0.466 e. The number of carbonyl (C=O) groups is 2. The summed E-state index contributed by atoms with van der Waals surface area (Å²) in [5.74, 6) is -2.42. The molecule has 2 aliphatic heterocycles. The van der Waals surface area contributed by atoms with Crippen molar-refractivity contribution in [1.82, 2.24) is 5.23 Å². The van der Waals surface area contributed by atoms with Crippen molar-refractivity contribution < 1.29 is 33.2 Å². The first kappa shape index (κ1) is 19.6. The van der Waals surface area contributed by atoms with Gasteiger partial charge in [-0.15, -0.1) is 0 Å². The quantitative estimate of drug-likeness (QED) is 0.561. The Morgan fingerprint density at radius 3 is 2.45 bits per heavy atom. The topological polar surface area (TPSA) is 105 Å². The standard InChI is InChI=1S/C20H21NO8/c1-4-25-18(22)15-16-14-11-8-6-7-9-12(11)27-19(23)13(14)10(3)28-21(16)29-17(15)20(24)26-5-2/h6-10,15-17H,4-5H2,1-3H3/t10-,15-,16+,17-/m0/s1. The van der Waals surface area contributed by atoms with E-state index in [2.05, 4.69) is 0 Å². The predicted octanol–water partition coefficient (Wildman–Crippen LogP) is 2.20. The highest BCUT2D eigenvalue weighted by Crippen LogP contribution is 2.49. The van der Waals surface area contributed by atoms with Crippen molar-refractivity contribution in [1.29, 1.82) is 0 Å². The molecule has 1 fully saturated rings. The molecule has 9 heteroatoms. The molecule has 0 saturated carbocycles. The number of ether oxygens (including phenoxy) is 2. The minimum Gasteiger partial charge on any atom is -0.466 e. The van der Waals surface area contributed by atoms with E-state index in [1.165, 1.54) is 0 Å². The highest BCUT2D eigenvalue weighted by molar-refractivity contribution is 5.88. The van der Waals surface area contributed by atoms with Crippen LogP contribution in [0.2, 0.25) is 0 Å². The fourth-order valence-corrected chi connectivity index (χ4v) is 3.92. The molecule has 3 heterocycles. The van der Waals surface area contributed by atoms with Crippen LogP contribution in [-0.4, -0.2) is 36.5 Å². The summed E-state index contributed by atoms with van der Waals surface area (Å²) in [4.78, 5) is 49.4. The van der Waals surface area contributed by atoms with E-state index in [1.54, 1.807) is 45.0 Å². The molecule has 0 radical (unpaired) electrons. The summed E-state index contributed by atoms with van der Waals surface area (Å²) in [5.41, 5.74) is 0.619. The minimum absolute atomic E-state index is 0.124. The number of rotatable bonds is 4. The smallest absolute Gasteiger partial charge is 0.342 e. The summed E-state index contributed by atoms with van der Waals surface area (Å²) in [5, 5.41) is 1.75. The Labute approximate surface area is 166 Å². The molecular formula is C20H21NO8. The lowest BCUT2D eigenvalue weighted by atomic mass is 9.84. The molecule has 1 saturated heterocycles. The minimum atomic E-state index is -1.26. The van der Waals surface area contributed by atoms with Gasteiger partial charge in [-0.05, 0) is 32.4 Å². The number of hydrogen-bond donors (Lipinski definition) is 0. The van der Waals surface area contributed by atoms with E-state index in [0.29, 0.717) is 16.5 Å². The second-order valence-electron chi connectivity index (χ2n) is 6.75. The molecule has 4 rings (SSSR count). The van der Waals surface area contributed by atoms with Crippen LogP contribution in [0.5, 0.6) is 0 Å². The molecule has 0 N–H and O–H groups in total. The van der Waals surface area contributed by atoms with Crippen molar-refractivity contribution in [2.24, 2.45) is 5.92 Å². The van der Waals surface area contributed by atoms with Gasteiger partial charge in [-0.1, -0.05) is 23.4 Å². The number of esters is 2. The zero-order valence-electron chi connectivity index (χ0n) is 16.2. The zero-order chi connectivity index (χ0) is 20.7. The average Bonchev–Trinajstić information content (AvgIpc) is 3.07. The summed E-state index contributed by atoms with van der Waals surface area (Å²) in [6.45, 7) is 5.24. The Morgan fingerprint density at radius 2 is 1.72 bits per heavy atom. The highest BCUT2D eigenvalue weighted by Gasteiger charge is 2.57. The number of para-hydroxylation sites is 1. The van der Waals surface area contributed by atoms with E-state index in [0.717, 1.165) is 5.23 Å². The summed E-state index contributed by atoms with van der Waals surface area (Å²) in [6.07, 6.45) is -1.96. The van der Waals surface area contributed by atoms with Crippen LogP contribution in [-0.2, 0) is 28.7 Å². The first-order valence-electron chi connectivity index (χ1n) is 9.49. The van der Waals surface area contributed by atoms with E-state index >= 15 is 0 Å². The SMILES string of the molecule is CCOC(=O)[C@@H]1[C@@H](C(=O)OCC)ON2O[C@@H](C)c3c(c4ccccc4oc3=O)[C@H]12. The van der Waals surface area contributed by atoms with Crippen LogP contribution < -0.4 is 5.63 Å². The maximum atomic E-state index is 12.8. The molecule has 4 atom stereocenters. The third-order valence-corrected chi connectivity index (χ3v) is 5.04. The van der Waals surface area contributed by atoms with E-state index in [1.807, 2.05) is 0 Å². The maximum Gasteiger partial charge on any atom is 0.342 e.